The molecule has 1 rings (SSSR count). The monoisotopic (exact) mass is 281 g/mol. The summed E-state index contributed by atoms with van der Waals surface area (Å²) in [6.45, 7) is 2.03. The van der Waals surface area contributed by atoms with Crippen LogP contribution in [0, 0.1) is 5.92 Å². The van der Waals surface area contributed by atoms with Gasteiger partial charge in [-0.2, -0.15) is 13.2 Å². The van der Waals surface area contributed by atoms with Gasteiger partial charge in [0.1, 0.15) is 6.61 Å². The molecule has 0 heterocycles. The van der Waals surface area contributed by atoms with Crippen LogP contribution >= 0.6 is 0 Å². The number of alkyl halides is 3. The number of hydrogen-bond acceptors (Lipinski definition) is 2. The lowest BCUT2D eigenvalue weighted by atomic mass is 9.83. The van der Waals surface area contributed by atoms with Crippen molar-refractivity contribution in [2.75, 3.05) is 19.8 Å². The number of ether oxygens (including phenoxy) is 1. The van der Waals surface area contributed by atoms with Crippen molar-refractivity contribution in [3.63, 3.8) is 0 Å². The first-order chi connectivity index (χ1) is 9.01. The van der Waals surface area contributed by atoms with Crippen molar-refractivity contribution in [2.45, 2.75) is 64.1 Å². The molecule has 1 aliphatic rings. The fourth-order valence-corrected chi connectivity index (χ4v) is 2.73. The number of nitrogens with one attached hydrogen (secondary N) is 1. The average Bonchev–Trinajstić information content (AvgIpc) is 2.35. The lowest BCUT2D eigenvalue weighted by Crippen LogP contribution is -2.34. The SMILES string of the molecule is CCCC1CCC(NCCCOCC(F)(F)F)CC1. The first kappa shape index (κ1) is 16.8. The minimum atomic E-state index is -4.20. The van der Waals surface area contributed by atoms with E-state index in [1.165, 1.54) is 38.5 Å². The first-order valence-electron chi connectivity index (χ1n) is 7.39. The van der Waals surface area contributed by atoms with Gasteiger partial charge in [-0.1, -0.05) is 19.8 Å². The second kappa shape index (κ2) is 8.80. The highest BCUT2D eigenvalue weighted by atomic mass is 19.4. The highest BCUT2D eigenvalue weighted by Crippen LogP contribution is 2.27. The molecule has 2 nitrogen and oxygen atoms in total. The molecular formula is C14H26F3NO. The Balaban J connectivity index is 1.94. The normalized spacial score (nSPS) is 24.6. The minimum Gasteiger partial charge on any atom is -0.372 e. The fourth-order valence-electron chi connectivity index (χ4n) is 2.73. The van der Waals surface area contributed by atoms with Crippen molar-refractivity contribution >= 4 is 0 Å². The zero-order valence-electron chi connectivity index (χ0n) is 11.8. The molecule has 1 aliphatic carbocycles. The van der Waals surface area contributed by atoms with Gasteiger partial charge in [-0.25, -0.2) is 0 Å². The smallest absolute Gasteiger partial charge is 0.372 e. The van der Waals surface area contributed by atoms with Gasteiger partial charge in [0.2, 0.25) is 0 Å². The molecule has 0 aromatic heterocycles. The van der Waals surface area contributed by atoms with Crippen molar-refractivity contribution in [3.05, 3.63) is 0 Å². The summed E-state index contributed by atoms with van der Waals surface area (Å²) in [6, 6.07) is 0.552. The van der Waals surface area contributed by atoms with Crippen molar-refractivity contribution in [3.8, 4) is 0 Å². The molecule has 114 valence electrons. The van der Waals surface area contributed by atoms with E-state index in [0.29, 0.717) is 12.5 Å². The summed E-state index contributed by atoms with van der Waals surface area (Å²) in [4.78, 5) is 0. The van der Waals surface area contributed by atoms with Crippen molar-refractivity contribution in [1.82, 2.24) is 5.32 Å². The molecule has 0 unspecified atom stereocenters. The molecule has 0 aromatic carbocycles. The molecule has 0 spiro atoms. The summed E-state index contributed by atoms with van der Waals surface area (Å²) in [5.41, 5.74) is 0. The van der Waals surface area contributed by atoms with Gasteiger partial charge >= 0.3 is 6.18 Å². The zero-order chi connectivity index (χ0) is 14.1. The Morgan fingerprint density at radius 2 is 1.84 bits per heavy atom. The van der Waals surface area contributed by atoms with E-state index in [0.717, 1.165) is 12.5 Å². The third-order valence-electron chi connectivity index (χ3n) is 3.71. The van der Waals surface area contributed by atoms with E-state index in [4.69, 9.17) is 0 Å². The van der Waals surface area contributed by atoms with Crippen LogP contribution in [0.3, 0.4) is 0 Å². The molecule has 0 amide bonds. The van der Waals surface area contributed by atoms with E-state index < -0.39 is 12.8 Å². The summed E-state index contributed by atoms with van der Waals surface area (Å²) in [5, 5.41) is 3.42. The molecule has 1 saturated carbocycles. The summed E-state index contributed by atoms with van der Waals surface area (Å²) in [7, 11) is 0. The highest BCUT2D eigenvalue weighted by molar-refractivity contribution is 4.76. The van der Waals surface area contributed by atoms with Crippen LogP contribution < -0.4 is 5.32 Å². The van der Waals surface area contributed by atoms with Gasteiger partial charge in [-0.05, 0) is 44.6 Å². The van der Waals surface area contributed by atoms with Gasteiger partial charge in [-0.3, -0.25) is 0 Å². The maximum absolute atomic E-state index is 11.8. The van der Waals surface area contributed by atoms with E-state index in [9.17, 15) is 13.2 Å². The second-order valence-corrected chi connectivity index (χ2v) is 5.48. The summed E-state index contributed by atoms with van der Waals surface area (Å²) >= 11 is 0. The molecule has 1 N–H and O–H groups in total. The van der Waals surface area contributed by atoms with Crippen molar-refractivity contribution in [2.24, 2.45) is 5.92 Å². The molecular weight excluding hydrogens is 255 g/mol. The number of halogens is 3. The molecule has 0 bridgehead atoms. The largest absolute Gasteiger partial charge is 0.411 e. The van der Waals surface area contributed by atoms with Crippen LogP contribution in [0.4, 0.5) is 13.2 Å². The molecule has 19 heavy (non-hydrogen) atoms. The Kier molecular flexibility index (Phi) is 7.76. The first-order valence-corrected chi connectivity index (χ1v) is 7.39. The third-order valence-corrected chi connectivity index (χ3v) is 3.71. The molecule has 0 aromatic rings. The van der Waals surface area contributed by atoms with E-state index in [-0.39, 0.29) is 6.61 Å². The highest BCUT2D eigenvalue weighted by Gasteiger charge is 2.27. The third kappa shape index (κ3) is 8.47. The van der Waals surface area contributed by atoms with Crippen LogP contribution in [0.5, 0.6) is 0 Å². The predicted molar refractivity (Wildman–Crippen MR) is 70.1 cm³/mol. The summed E-state index contributed by atoms with van der Waals surface area (Å²) in [6.07, 6.45) is 4.02. The average molecular weight is 281 g/mol. The lowest BCUT2D eigenvalue weighted by Gasteiger charge is -2.29. The van der Waals surface area contributed by atoms with Crippen LogP contribution in [-0.2, 0) is 4.74 Å². The van der Waals surface area contributed by atoms with Gasteiger partial charge in [-0.15, -0.1) is 0 Å². The maximum Gasteiger partial charge on any atom is 0.411 e. The molecule has 0 atom stereocenters. The second-order valence-electron chi connectivity index (χ2n) is 5.48. The Morgan fingerprint density at radius 3 is 2.42 bits per heavy atom. The summed E-state index contributed by atoms with van der Waals surface area (Å²) < 4.78 is 40.0. The fraction of sp³-hybridized carbons (Fsp3) is 1.00. The van der Waals surface area contributed by atoms with Gasteiger partial charge in [0.25, 0.3) is 0 Å². The molecule has 5 heteroatoms. The van der Waals surface area contributed by atoms with Crippen LogP contribution in [0.2, 0.25) is 0 Å². The van der Waals surface area contributed by atoms with Gasteiger partial charge in [0.05, 0.1) is 0 Å². The lowest BCUT2D eigenvalue weighted by molar-refractivity contribution is -0.173. The van der Waals surface area contributed by atoms with Crippen molar-refractivity contribution < 1.29 is 17.9 Å². The topological polar surface area (TPSA) is 21.3 Å². The van der Waals surface area contributed by atoms with Crippen LogP contribution in [0.15, 0.2) is 0 Å². The van der Waals surface area contributed by atoms with Gasteiger partial charge in [0, 0.05) is 12.6 Å². The van der Waals surface area contributed by atoms with Gasteiger partial charge < -0.3 is 10.1 Å². The standard InChI is InChI=1S/C14H26F3NO/c1-2-4-12-5-7-13(8-6-12)18-9-3-10-19-11-14(15,16)17/h12-13,18H,2-11H2,1H3. The summed E-state index contributed by atoms with van der Waals surface area (Å²) in [5.74, 6) is 0.887. The number of hydrogen-bond donors (Lipinski definition) is 1. The van der Waals surface area contributed by atoms with E-state index in [1.54, 1.807) is 0 Å². The van der Waals surface area contributed by atoms with E-state index >= 15 is 0 Å². The molecule has 0 saturated heterocycles. The quantitative estimate of drug-likeness (QED) is 0.681. The molecule has 1 fully saturated rings. The Bertz CT molecular complexity index is 225. The maximum atomic E-state index is 11.8. The van der Waals surface area contributed by atoms with E-state index in [1.807, 2.05) is 0 Å². The van der Waals surface area contributed by atoms with E-state index in [2.05, 4.69) is 17.0 Å². The predicted octanol–water partition coefficient (Wildman–Crippen LogP) is 3.90. The Labute approximate surface area is 114 Å². The molecule has 0 aliphatic heterocycles. The van der Waals surface area contributed by atoms with Crippen molar-refractivity contribution in [1.29, 1.82) is 0 Å². The van der Waals surface area contributed by atoms with Gasteiger partial charge in [0.15, 0.2) is 0 Å². The molecule has 0 radical (unpaired) electrons. The number of rotatable bonds is 8. The van der Waals surface area contributed by atoms with Crippen LogP contribution in [0.1, 0.15) is 51.9 Å². The zero-order valence-corrected chi connectivity index (χ0v) is 11.8. The Morgan fingerprint density at radius 1 is 1.16 bits per heavy atom. The Hall–Kier alpha value is -0.290. The van der Waals surface area contributed by atoms with Crippen LogP contribution in [0.25, 0.3) is 0 Å². The minimum absolute atomic E-state index is 0.178. The van der Waals surface area contributed by atoms with Crippen LogP contribution in [-0.4, -0.2) is 32.0 Å².